The molecular weight excluding hydrogens is 1150 g/mol. The molecule has 14 aromatic rings. The van der Waals surface area contributed by atoms with Crippen LogP contribution in [0.2, 0.25) is 0 Å². The van der Waals surface area contributed by atoms with Gasteiger partial charge in [-0.1, -0.05) is 187 Å². The van der Waals surface area contributed by atoms with E-state index in [1.54, 1.807) is 0 Å². The van der Waals surface area contributed by atoms with E-state index in [2.05, 4.69) is 48.1 Å². The molecule has 79 heavy (non-hydrogen) atoms. The van der Waals surface area contributed by atoms with Crippen LogP contribution >= 0.6 is 0 Å². The molecule has 0 atom stereocenters. The quantitative estimate of drug-likeness (QED) is 0.156. The van der Waals surface area contributed by atoms with Gasteiger partial charge in [0.2, 0.25) is 0 Å². The standard InChI is InChI=1S/C72H61N4O2.Pt/c1-46(2)35-48-17-15-20-53(37-48)60-38-49(36-47(3)4)39-62-59-23-11-14-26-69(59)78-55-30-27-51(28-31-55)63-44-73-70(43-64(63)72(5,6)7)76-65-34-29-52(50-18-9-8-10-19-50)40-61(65)58-33-32-57(42-68(58)76)77-56-22-16-21-54(41-56)74-45-75(71(60)62)67-25-13-12-24-66(67)74;/h8-34,37-40,43-47H,35-36H2,1-7H3;/q-3;/i29D,34D,35D2,36D2,40D;. The summed E-state index contributed by atoms with van der Waals surface area (Å²) >= 11 is 0. The zero-order valence-electron chi connectivity index (χ0n) is 52.0. The van der Waals surface area contributed by atoms with Crippen molar-refractivity contribution in [2.24, 2.45) is 11.8 Å². The first-order valence-corrected chi connectivity index (χ1v) is 26.7. The first kappa shape index (κ1) is 43.6. The van der Waals surface area contributed by atoms with E-state index in [1.165, 1.54) is 0 Å². The van der Waals surface area contributed by atoms with Crippen molar-refractivity contribution in [3.63, 3.8) is 0 Å². The molecule has 15 rings (SSSR count). The smallest absolute Gasteiger partial charge is 0.135 e. The molecule has 0 unspecified atom stereocenters. The van der Waals surface area contributed by atoms with E-state index in [9.17, 15) is 9.60 Å². The Labute approximate surface area is 485 Å². The zero-order chi connectivity index (χ0) is 59.4. The van der Waals surface area contributed by atoms with Gasteiger partial charge in [0, 0.05) is 66.5 Å². The third-order valence-electron chi connectivity index (χ3n) is 14.3. The number of hydrogen-bond acceptors (Lipinski definition) is 3. The predicted molar refractivity (Wildman–Crippen MR) is 325 cm³/mol. The van der Waals surface area contributed by atoms with E-state index in [0.717, 1.165) is 33.2 Å². The van der Waals surface area contributed by atoms with Crippen molar-refractivity contribution >= 4 is 82.4 Å². The van der Waals surface area contributed by atoms with Crippen molar-refractivity contribution < 1.29 is 39.5 Å². The van der Waals surface area contributed by atoms with Gasteiger partial charge < -0.3 is 22.4 Å². The molecule has 0 aliphatic carbocycles. The molecule has 9 aromatic carbocycles. The first-order chi connectivity index (χ1) is 40.7. The molecule has 0 fully saturated rings. The van der Waals surface area contributed by atoms with E-state index >= 15 is 0 Å². The fraction of sp³-hybridized carbons (Fsp3) is 0.167. The molecule has 1 aliphatic heterocycles. The van der Waals surface area contributed by atoms with Gasteiger partial charge in [0.05, 0.1) is 4.11 Å². The van der Waals surface area contributed by atoms with Crippen molar-refractivity contribution in [2.45, 2.75) is 66.6 Å². The normalized spacial score (nSPS) is 13.6. The number of imidazole rings is 1. The van der Waals surface area contributed by atoms with Crippen molar-refractivity contribution in [1.29, 1.82) is 0 Å². The van der Waals surface area contributed by atoms with Crippen molar-refractivity contribution in [1.82, 2.24) is 18.5 Å². The van der Waals surface area contributed by atoms with Gasteiger partial charge in [0.15, 0.2) is 0 Å². The molecule has 10 bridgehead atoms. The molecule has 394 valence electrons. The number of fused-ring (bicyclic) bond motifs is 5. The van der Waals surface area contributed by atoms with Crippen LogP contribution in [0, 0.1) is 24.0 Å². The second kappa shape index (κ2) is 20.8. The minimum atomic E-state index is -1.80. The topological polar surface area (TPSA) is 53.4 Å². The van der Waals surface area contributed by atoms with E-state index in [-0.39, 0.29) is 45.1 Å². The molecular formula is C72H61N4O2Pt-3. The van der Waals surface area contributed by atoms with Gasteiger partial charge in [-0.25, -0.2) is 4.98 Å². The van der Waals surface area contributed by atoms with Crippen LogP contribution < -0.4 is 0 Å². The third kappa shape index (κ3) is 9.78. The van der Waals surface area contributed by atoms with Crippen molar-refractivity contribution in [3.05, 3.63) is 235 Å². The van der Waals surface area contributed by atoms with Crippen LogP contribution in [-0.4, -0.2) is 18.5 Å². The van der Waals surface area contributed by atoms with Crippen LogP contribution in [0.3, 0.4) is 0 Å². The monoisotopic (exact) mass is 1220 g/mol. The number of pyridine rings is 1. The molecule has 6 heterocycles. The van der Waals surface area contributed by atoms with Crippen LogP contribution in [0.4, 0.5) is 0 Å². The van der Waals surface area contributed by atoms with Crippen LogP contribution in [0.5, 0.6) is 0 Å². The molecule has 0 spiro atoms. The molecule has 0 amide bonds. The van der Waals surface area contributed by atoms with E-state index in [0.29, 0.717) is 99.5 Å². The summed E-state index contributed by atoms with van der Waals surface area (Å²) in [4.78, 5) is 5.17. The Morgan fingerprint density at radius 1 is 0.595 bits per heavy atom. The largest absolute Gasteiger partial charge is 0.510 e. The molecule has 7 heteroatoms. The summed E-state index contributed by atoms with van der Waals surface area (Å²) < 4.78 is 86.7. The molecule has 5 aromatic heterocycles. The Hall–Kier alpha value is -8.31. The Morgan fingerprint density at radius 2 is 1.30 bits per heavy atom. The Morgan fingerprint density at radius 3 is 2.09 bits per heavy atom. The summed E-state index contributed by atoms with van der Waals surface area (Å²) in [7, 11) is 0. The zero-order valence-corrected chi connectivity index (χ0v) is 47.2. The van der Waals surface area contributed by atoms with Gasteiger partial charge in [0.1, 0.15) is 16.8 Å². The average molecular weight is 1220 g/mol. The number of para-hydroxylation sites is 3. The van der Waals surface area contributed by atoms with Gasteiger partial charge >= 0.3 is 0 Å². The molecule has 0 N–H and O–H groups in total. The Balaban J connectivity index is 0.00000724. The fourth-order valence-corrected chi connectivity index (χ4v) is 10.9. The van der Waals surface area contributed by atoms with Crippen LogP contribution in [0.1, 0.15) is 74.8 Å². The Bertz CT molecular complexity index is 4990. The molecule has 6 nitrogen and oxygen atoms in total. The van der Waals surface area contributed by atoms with Gasteiger partial charge in [-0.05, 0) is 132 Å². The average Bonchev–Trinajstić information content (AvgIpc) is 1.58. The van der Waals surface area contributed by atoms with E-state index in [1.807, 2.05) is 214 Å². The summed E-state index contributed by atoms with van der Waals surface area (Å²) in [6.07, 6.45) is 0.398. The maximum Gasteiger partial charge on any atom is 0.135 e. The minimum Gasteiger partial charge on any atom is -0.510 e. The SMILES string of the molecule is [2H]c1c(-c2ccccc2)c([2H])c2c3ccc4[c-]c3n(c3cc(C(C)(C)C)c(cn3)c3ccc(cc3)oc3ccccc3c3cc(C([2H])([2H])C(C)C)cc(-c5cccc(C([2H])([2H])C(C)C)c5)c3n3[cH-]n(c5[c-]c(ccc5)o4)-c4ccccc4-3)c2c1[2H].[Pt]. The maximum absolute atomic E-state index is 9.82. The van der Waals surface area contributed by atoms with Gasteiger partial charge in [-0.15, -0.1) is 29.1 Å². The van der Waals surface area contributed by atoms with Crippen LogP contribution in [-0.2, 0) is 39.2 Å². The van der Waals surface area contributed by atoms with Crippen molar-refractivity contribution in [3.8, 4) is 33.6 Å². The van der Waals surface area contributed by atoms with Crippen LogP contribution in [0.15, 0.2) is 215 Å². The van der Waals surface area contributed by atoms with Gasteiger partial charge in [-0.3, -0.25) is 0 Å². The summed E-state index contributed by atoms with van der Waals surface area (Å²) in [5.41, 5.74) is 10.2. The van der Waals surface area contributed by atoms with Gasteiger partial charge in [-0.2, -0.15) is 24.3 Å². The molecule has 0 radical (unpaired) electrons. The molecule has 0 saturated carbocycles. The van der Waals surface area contributed by atoms with Crippen LogP contribution in [0.25, 0.3) is 116 Å². The molecule has 0 saturated heterocycles. The number of hydrogen-bond donors (Lipinski definition) is 0. The second-order valence-electron chi connectivity index (χ2n) is 21.7. The summed E-state index contributed by atoms with van der Waals surface area (Å²) in [5.74, 6) is -0.742. The van der Waals surface area contributed by atoms with Crippen molar-refractivity contribution in [2.75, 3.05) is 0 Å². The fourth-order valence-electron chi connectivity index (χ4n) is 10.9. The number of benzene rings is 9. The summed E-state index contributed by atoms with van der Waals surface area (Å²) in [6, 6.07) is 63.3. The number of nitrogens with zero attached hydrogens (tertiary/aromatic N) is 4. The van der Waals surface area contributed by atoms with Gasteiger partial charge in [0.25, 0.3) is 0 Å². The summed E-state index contributed by atoms with van der Waals surface area (Å²) in [5, 5.41) is 4.33. The minimum absolute atomic E-state index is 0. The maximum atomic E-state index is 9.82. The second-order valence-corrected chi connectivity index (χ2v) is 21.7. The third-order valence-corrected chi connectivity index (χ3v) is 14.3. The Kier molecular flexibility index (Phi) is 11.5. The molecule has 1 aliphatic rings. The predicted octanol–water partition coefficient (Wildman–Crippen LogP) is 19.3. The number of rotatable bonds is 6. The first-order valence-electron chi connectivity index (χ1n) is 30.2. The summed E-state index contributed by atoms with van der Waals surface area (Å²) in [6.45, 7) is 14.0. The number of aromatic nitrogens is 4. The van der Waals surface area contributed by atoms with E-state index in [4.69, 9.17) is 13.8 Å². The van der Waals surface area contributed by atoms with E-state index < -0.39 is 24.1 Å².